The van der Waals surface area contributed by atoms with Gasteiger partial charge in [-0.3, -0.25) is 9.59 Å². The van der Waals surface area contributed by atoms with Crippen LogP contribution in [0.25, 0.3) is 0 Å². The van der Waals surface area contributed by atoms with Gasteiger partial charge in [0.15, 0.2) is 5.82 Å². The fourth-order valence-corrected chi connectivity index (χ4v) is 2.87. The second-order valence-electron chi connectivity index (χ2n) is 6.07. The molecule has 0 bridgehead atoms. The van der Waals surface area contributed by atoms with Gasteiger partial charge in [-0.1, -0.05) is 23.4 Å². The summed E-state index contributed by atoms with van der Waals surface area (Å²) in [7, 11) is 0. The molecule has 7 heteroatoms. The van der Waals surface area contributed by atoms with E-state index in [2.05, 4.69) is 10.5 Å². The molecule has 0 saturated carbocycles. The Morgan fingerprint density at radius 2 is 2.16 bits per heavy atom. The standard InChI is InChI=1S/C18H21N3O4/c1-13-5-2-3-7-15(13)18(23)21(11-14-6-4-9-24-14)12-17(22)19-16-8-10-25-20-16/h2-3,5,7-8,10,14H,4,6,9,11-12H2,1H3,(H,19,20,22). The highest BCUT2D eigenvalue weighted by molar-refractivity contribution is 5.99. The van der Waals surface area contributed by atoms with Gasteiger partial charge in [0.2, 0.25) is 5.91 Å². The zero-order valence-corrected chi connectivity index (χ0v) is 14.1. The molecule has 7 nitrogen and oxygen atoms in total. The minimum atomic E-state index is -0.325. The number of nitrogens with one attached hydrogen (secondary N) is 1. The van der Waals surface area contributed by atoms with Gasteiger partial charge in [-0.25, -0.2) is 0 Å². The van der Waals surface area contributed by atoms with Gasteiger partial charge < -0.3 is 19.5 Å². The molecular weight excluding hydrogens is 322 g/mol. The third-order valence-corrected chi connectivity index (χ3v) is 4.15. The normalized spacial score (nSPS) is 16.6. The number of aromatic nitrogens is 1. The van der Waals surface area contributed by atoms with E-state index in [4.69, 9.17) is 9.26 Å². The molecule has 0 spiro atoms. The summed E-state index contributed by atoms with van der Waals surface area (Å²) >= 11 is 0. The highest BCUT2D eigenvalue weighted by atomic mass is 16.5. The second kappa shape index (κ2) is 7.94. The van der Waals surface area contributed by atoms with E-state index in [1.807, 2.05) is 25.1 Å². The van der Waals surface area contributed by atoms with E-state index < -0.39 is 0 Å². The van der Waals surface area contributed by atoms with E-state index in [1.165, 1.54) is 11.2 Å². The van der Waals surface area contributed by atoms with Crippen molar-refractivity contribution in [1.82, 2.24) is 10.1 Å². The van der Waals surface area contributed by atoms with Crippen molar-refractivity contribution in [3.05, 3.63) is 47.7 Å². The van der Waals surface area contributed by atoms with Crippen LogP contribution in [-0.2, 0) is 9.53 Å². The van der Waals surface area contributed by atoms with Crippen LogP contribution in [0.1, 0.15) is 28.8 Å². The van der Waals surface area contributed by atoms with Crippen molar-refractivity contribution in [2.24, 2.45) is 0 Å². The zero-order valence-electron chi connectivity index (χ0n) is 14.1. The summed E-state index contributed by atoms with van der Waals surface area (Å²) in [6.45, 7) is 2.90. The van der Waals surface area contributed by atoms with Crippen LogP contribution in [0, 0.1) is 6.92 Å². The zero-order chi connectivity index (χ0) is 17.6. The molecule has 1 aliphatic rings. The third kappa shape index (κ3) is 4.45. The number of hydrogen-bond acceptors (Lipinski definition) is 5. The van der Waals surface area contributed by atoms with E-state index in [0.29, 0.717) is 24.5 Å². The summed E-state index contributed by atoms with van der Waals surface area (Å²) in [6.07, 6.45) is 3.20. The number of amides is 2. The number of carbonyl (C=O) groups is 2. The first kappa shape index (κ1) is 17.2. The summed E-state index contributed by atoms with van der Waals surface area (Å²) < 4.78 is 10.3. The van der Waals surface area contributed by atoms with Gasteiger partial charge >= 0.3 is 0 Å². The fourth-order valence-electron chi connectivity index (χ4n) is 2.87. The van der Waals surface area contributed by atoms with Gasteiger partial charge in [0.1, 0.15) is 12.8 Å². The van der Waals surface area contributed by atoms with Crippen molar-refractivity contribution in [3.8, 4) is 0 Å². The monoisotopic (exact) mass is 343 g/mol. The van der Waals surface area contributed by atoms with Gasteiger partial charge in [-0.05, 0) is 31.4 Å². The van der Waals surface area contributed by atoms with Crippen molar-refractivity contribution in [1.29, 1.82) is 0 Å². The molecule has 1 aromatic carbocycles. The molecular formula is C18H21N3O4. The summed E-state index contributed by atoms with van der Waals surface area (Å²) in [4.78, 5) is 26.8. The van der Waals surface area contributed by atoms with E-state index in [-0.39, 0.29) is 24.5 Å². The van der Waals surface area contributed by atoms with E-state index in [9.17, 15) is 9.59 Å². The molecule has 1 saturated heterocycles. The molecule has 1 unspecified atom stereocenters. The van der Waals surface area contributed by atoms with Crippen LogP contribution in [-0.4, -0.2) is 47.7 Å². The molecule has 0 aliphatic carbocycles. The Morgan fingerprint density at radius 1 is 1.32 bits per heavy atom. The van der Waals surface area contributed by atoms with E-state index >= 15 is 0 Å². The topological polar surface area (TPSA) is 84.7 Å². The van der Waals surface area contributed by atoms with Crippen molar-refractivity contribution < 1.29 is 18.8 Å². The molecule has 1 fully saturated rings. The average Bonchev–Trinajstić information content (AvgIpc) is 3.28. The summed E-state index contributed by atoms with van der Waals surface area (Å²) in [5.41, 5.74) is 1.47. The van der Waals surface area contributed by atoms with Crippen LogP contribution in [0.4, 0.5) is 5.82 Å². The minimum Gasteiger partial charge on any atom is -0.376 e. The van der Waals surface area contributed by atoms with Crippen LogP contribution in [0.3, 0.4) is 0 Å². The quantitative estimate of drug-likeness (QED) is 0.869. The molecule has 25 heavy (non-hydrogen) atoms. The second-order valence-corrected chi connectivity index (χ2v) is 6.07. The molecule has 0 radical (unpaired) electrons. The maximum absolute atomic E-state index is 12.9. The van der Waals surface area contributed by atoms with Crippen LogP contribution < -0.4 is 5.32 Å². The minimum absolute atomic E-state index is 0.0344. The number of rotatable bonds is 6. The Morgan fingerprint density at radius 3 is 2.84 bits per heavy atom. The van der Waals surface area contributed by atoms with Crippen LogP contribution >= 0.6 is 0 Å². The number of carbonyl (C=O) groups excluding carboxylic acids is 2. The molecule has 132 valence electrons. The van der Waals surface area contributed by atoms with Gasteiger partial charge in [0.25, 0.3) is 5.91 Å². The van der Waals surface area contributed by atoms with Crippen molar-refractivity contribution in [2.75, 3.05) is 25.0 Å². The Bertz CT molecular complexity index is 724. The number of hydrogen-bond donors (Lipinski definition) is 1. The molecule has 1 aromatic heterocycles. The molecule has 3 rings (SSSR count). The summed E-state index contributed by atoms with van der Waals surface area (Å²) in [5, 5.41) is 6.27. The van der Waals surface area contributed by atoms with Crippen molar-refractivity contribution in [2.45, 2.75) is 25.9 Å². The fraction of sp³-hybridized carbons (Fsp3) is 0.389. The maximum atomic E-state index is 12.9. The molecule has 1 atom stereocenters. The molecule has 2 amide bonds. The molecule has 2 aromatic rings. The van der Waals surface area contributed by atoms with Crippen LogP contribution in [0.15, 0.2) is 41.1 Å². The molecule has 2 heterocycles. The van der Waals surface area contributed by atoms with E-state index in [1.54, 1.807) is 12.1 Å². The lowest BCUT2D eigenvalue weighted by atomic mass is 10.1. The highest BCUT2D eigenvalue weighted by Crippen LogP contribution is 2.17. The van der Waals surface area contributed by atoms with Gasteiger partial charge in [0, 0.05) is 24.8 Å². The van der Waals surface area contributed by atoms with Crippen LogP contribution in [0.5, 0.6) is 0 Å². The van der Waals surface area contributed by atoms with Gasteiger partial charge in [-0.2, -0.15) is 0 Å². The molecule has 1 aliphatic heterocycles. The number of nitrogens with zero attached hydrogens (tertiary/aromatic N) is 2. The lowest BCUT2D eigenvalue weighted by Gasteiger charge is -2.25. The number of ether oxygens (including phenoxy) is 1. The average molecular weight is 343 g/mol. The number of anilines is 1. The SMILES string of the molecule is Cc1ccccc1C(=O)N(CC(=O)Nc1ccon1)CC1CCCO1. The lowest BCUT2D eigenvalue weighted by Crippen LogP contribution is -2.42. The van der Waals surface area contributed by atoms with Crippen LogP contribution in [0.2, 0.25) is 0 Å². The first-order valence-electron chi connectivity index (χ1n) is 8.30. The summed E-state index contributed by atoms with van der Waals surface area (Å²) in [6, 6.07) is 8.90. The smallest absolute Gasteiger partial charge is 0.254 e. The van der Waals surface area contributed by atoms with E-state index in [0.717, 1.165) is 18.4 Å². The number of aryl methyl sites for hydroxylation is 1. The number of benzene rings is 1. The Hall–Kier alpha value is -2.67. The predicted octanol–water partition coefficient (Wildman–Crippen LogP) is 2.24. The Kier molecular flexibility index (Phi) is 5.45. The summed E-state index contributed by atoms with van der Waals surface area (Å²) in [5.74, 6) is -0.178. The molecule has 1 N–H and O–H groups in total. The van der Waals surface area contributed by atoms with Crippen molar-refractivity contribution >= 4 is 17.6 Å². The third-order valence-electron chi connectivity index (χ3n) is 4.15. The van der Waals surface area contributed by atoms with Gasteiger partial charge in [0.05, 0.1) is 6.10 Å². The lowest BCUT2D eigenvalue weighted by molar-refractivity contribution is -0.117. The maximum Gasteiger partial charge on any atom is 0.254 e. The first-order valence-corrected chi connectivity index (χ1v) is 8.30. The Labute approximate surface area is 145 Å². The first-order chi connectivity index (χ1) is 12.1. The largest absolute Gasteiger partial charge is 0.376 e. The van der Waals surface area contributed by atoms with Crippen molar-refractivity contribution in [3.63, 3.8) is 0 Å². The predicted molar refractivity (Wildman–Crippen MR) is 91.2 cm³/mol. The highest BCUT2D eigenvalue weighted by Gasteiger charge is 2.26. The Balaban J connectivity index is 1.73. The van der Waals surface area contributed by atoms with Gasteiger partial charge in [-0.15, -0.1) is 0 Å².